The smallest absolute Gasteiger partial charge is 0.294 e. The number of fused-ring (bicyclic) bond motifs is 1. The van der Waals surface area contributed by atoms with Crippen LogP contribution in [0.1, 0.15) is 16.7 Å². The number of rotatable bonds is 1. The first kappa shape index (κ1) is 12.4. The quantitative estimate of drug-likeness (QED) is 0.733. The van der Waals surface area contributed by atoms with Crippen LogP contribution in [0.15, 0.2) is 18.2 Å². The van der Waals surface area contributed by atoms with E-state index in [4.69, 9.17) is 0 Å². The highest BCUT2D eigenvalue weighted by Gasteiger charge is 2.31. The van der Waals surface area contributed by atoms with Crippen molar-refractivity contribution in [2.75, 3.05) is 19.6 Å². The van der Waals surface area contributed by atoms with Crippen molar-refractivity contribution >= 4 is 0 Å². The summed E-state index contributed by atoms with van der Waals surface area (Å²) < 4.78 is 37.0. The normalized spacial score (nSPS) is 17.6. The molecule has 0 bridgehead atoms. The molecular weight excluding hydrogens is 227 g/mol. The van der Waals surface area contributed by atoms with Gasteiger partial charge in [-0.25, -0.2) is 0 Å². The predicted octanol–water partition coefficient (Wildman–Crippen LogP) is 2.96. The molecule has 0 amide bonds. The third kappa shape index (κ3) is 3.46. The number of benzene rings is 1. The van der Waals surface area contributed by atoms with E-state index in [0.29, 0.717) is 25.9 Å². The minimum Gasteiger partial charge on any atom is -0.294 e. The van der Waals surface area contributed by atoms with Gasteiger partial charge in [-0.3, -0.25) is 4.90 Å². The van der Waals surface area contributed by atoms with E-state index in [-0.39, 0.29) is 0 Å². The van der Waals surface area contributed by atoms with E-state index in [9.17, 15) is 13.2 Å². The van der Waals surface area contributed by atoms with Crippen molar-refractivity contribution < 1.29 is 13.2 Å². The van der Waals surface area contributed by atoms with Crippen LogP contribution < -0.4 is 0 Å². The van der Waals surface area contributed by atoms with Gasteiger partial charge < -0.3 is 0 Å². The zero-order valence-corrected chi connectivity index (χ0v) is 9.85. The summed E-state index contributed by atoms with van der Waals surface area (Å²) >= 11 is 0. The predicted molar refractivity (Wildman–Crippen MR) is 61.1 cm³/mol. The lowest BCUT2D eigenvalue weighted by atomic mass is 10.0. The molecule has 2 rings (SSSR count). The van der Waals surface area contributed by atoms with Crippen molar-refractivity contribution in [3.8, 4) is 0 Å². The van der Waals surface area contributed by atoms with Gasteiger partial charge in [0.1, 0.15) is 0 Å². The topological polar surface area (TPSA) is 3.24 Å². The van der Waals surface area contributed by atoms with Gasteiger partial charge in [0.15, 0.2) is 0 Å². The van der Waals surface area contributed by atoms with Crippen LogP contribution in [0.3, 0.4) is 0 Å². The second-order valence-electron chi connectivity index (χ2n) is 4.66. The fourth-order valence-corrected chi connectivity index (χ4v) is 2.31. The molecule has 0 aliphatic carbocycles. The van der Waals surface area contributed by atoms with Crippen molar-refractivity contribution in [1.82, 2.24) is 4.90 Å². The molecule has 0 unspecified atom stereocenters. The fourth-order valence-electron chi connectivity index (χ4n) is 2.31. The Morgan fingerprint density at radius 3 is 2.41 bits per heavy atom. The van der Waals surface area contributed by atoms with E-state index in [1.165, 1.54) is 21.6 Å². The molecule has 17 heavy (non-hydrogen) atoms. The Kier molecular flexibility index (Phi) is 3.43. The minimum absolute atomic E-state index is 0.496. The number of hydrogen-bond donors (Lipinski definition) is 0. The molecular formula is C13H16F3N. The monoisotopic (exact) mass is 243 g/mol. The molecule has 0 spiro atoms. The lowest BCUT2D eigenvalue weighted by molar-refractivity contribution is -0.145. The summed E-state index contributed by atoms with van der Waals surface area (Å²) in [6.07, 6.45) is -2.66. The summed E-state index contributed by atoms with van der Waals surface area (Å²) in [5, 5.41) is 0. The lowest BCUT2D eigenvalue weighted by Crippen LogP contribution is -2.35. The van der Waals surface area contributed by atoms with E-state index in [1.807, 2.05) is 19.1 Å². The van der Waals surface area contributed by atoms with Crippen LogP contribution in [0.2, 0.25) is 0 Å². The Balaban J connectivity index is 2.06. The first-order chi connectivity index (χ1) is 7.94. The lowest BCUT2D eigenvalue weighted by Gasteiger charge is -2.20. The van der Waals surface area contributed by atoms with Crippen LogP contribution in [0, 0.1) is 6.92 Å². The van der Waals surface area contributed by atoms with Crippen LogP contribution in [0.5, 0.6) is 0 Å². The van der Waals surface area contributed by atoms with Gasteiger partial charge in [-0.15, -0.1) is 0 Å². The molecule has 0 atom stereocenters. The second kappa shape index (κ2) is 4.69. The van der Waals surface area contributed by atoms with Crippen molar-refractivity contribution in [2.24, 2.45) is 0 Å². The summed E-state index contributed by atoms with van der Waals surface area (Å²) in [7, 11) is 0. The highest BCUT2D eigenvalue weighted by molar-refractivity contribution is 5.32. The van der Waals surface area contributed by atoms with Gasteiger partial charge in [0, 0.05) is 13.1 Å². The molecule has 1 heterocycles. The van der Waals surface area contributed by atoms with Gasteiger partial charge in [-0.1, -0.05) is 23.8 Å². The molecule has 4 heteroatoms. The van der Waals surface area contributed by atoms with Crippen LogP contribution in [0.25, 0.3) is 0 Å². The first-order valence-electron chi connectivity index (χ1n) is 5.81. The standard InChI is InChI=1S/C13H16F3N/c1-10-2-3-11-4-6-17(9-13(14,15)16)7-5-12(11)8-10/h2-3,8H,4-7,9H2,1H3. The van der Waals surface area contributed by atoms with Crippen molar-refractivity contribution in [3.63, 3.8) is 0 Å². The van der Waals surface area contributed by atoms with Gasteiger partial charge in [0.25, 0.3) is 0 Å². The molecule has 1 aliphatic rings. The molecule has 1 aromatic rings. The minimum atomic E-state index is -4.09. The van der Waals surface area contributed by atoms with E-state index in [2.05, 4.69) is 6.07 Å². The maximum atomic E-state index is 12.3. The molecule has 0 fully saturated rings. The molecule has 94 valence electrons. The van der Waals surface area contributed by atoms with Gasteiger partial charge >= 0.3 is 6.18 Å². The third-order valence-electron chi connectivity index (χ3n) is 3.16. The summed E-state index contributed by atoms with van der Waals surface area (Å²) in [4.78, 5) is 1.50. The molecule has 1 aromatic carbocycles. The van der Waals surface area contributed by atoms with Crippen molar-refractivity contribution in [1.29, 1.82) is 0 Å². The average Bonchev–Trinajstić information content (AvgIpc) is 2.39. The van der Waals surface area contributed by atoms with Crippen molar-refractivity contribution in [3.05, 3.63) is 34.9 Å². The second-order valence-corrected chi connectivity index (χ2v) is 4.66. The molecule has 0 radical (unpaired) electrons. The number of nitrogens with zero attached hydrogens (tertiary/aromatic N) is 1. The zero-order chi connectivity index (χ0) is 12.5. The van der Waals surface area contributed by atoms with E-state index < -0.39 is 12.7 Å². The largest absolute Gasteiger partial charge is 0.401 e. The highest BCUT2D eigenvalue weighted by atomic mass is 19.4. The zero-order valence-electron chi connectivity index (χ0n) is 9.85. The Labute approximate surface area is 99.2 Å². The molecule has 0 N–H and O–H groups in total. The fraction of sp³-hybridized carbons (Fsp3) is 0.538. The number of halogens is 3. The average molecular weight is 243 g/mol. The molecule has 0 saturated carbocycles. The number of aryl methyl sites for hydroxylation is 1. The van der Waals surface area contributed by atoms with Gasteiger partial charge in [0.05, 0.1) is 6.54 Å². The van der Waals surface area contributed by atoms with Crippen LogP contribution in [0.4, 0.5) is 13.2 Å². The highest BCUT2D eigenvalue weighted by Crippen LogP contribution is 2.21. The Bertz CT molecular complexity index is 398. The molecule has 1 aliphatic heterocycles. The van der Waals surface area contributed by atoms with E-state index in [1.54, 1.807) is 0 Å². The third-order valence-corrected chi connectivity index (χ3v) is 3.16. The number of alkyl halides is 3. The summed E-state index contributed by atoms with van der Waals surface area (Å²) in [6, 6.07) is 6.16. The Hall–Kier alpha value is -1.03. The SMILES string of the molecule is Cc1ccc2c(c1)CCN(CC(F)(F)F)CC2. The molecule has 1 nitrogen and oxygen atoms in total. The number of hydrogen-bond acceptors (Lipinski definition) is 1. The van der Waals surface area contributed by atoms with E-state index in [0.717, 1.165) is 0 Å². The van der Waals surface area contributed by atoms with E-state index >= 15 is 0 Å². The maximum absolute atomic E-state index is 12.3. The van der Waals surface area contributed by atoms with Gasteiger partial charge in [-0.2, -0.15) is 13.2 Å². The summed E-state index contributed by atoms with van der Waals surface area (Å²) in [5.74, 6) is 0. The van der Waals surface area contributed by atoms with Crippen LogP contribution in [-0.2, 0) is 12.8 Å². The van der Waals surface area contributed by atoms with Gasteiger partial charge in [0.2, 0.25) is 0 Å². The summed E-state index contributed by atoms with van der Waals surface area (Å²) in [5.41, 5.74) is 3.57. The van der Waals surface area contributed by atoms with Crippen molar-refractivity contribution in [2.45, 2.75) is 25.9 Å². The Morgan fingerprint density at radius 2 is 1.76 bits per heavy atom. The maximum Gasteiger partial charge on any atom is 0.401 e. The summed E-state index contributed by atoms with van der Waals surface area (Å²) in [6.45, 7) is 2.21. The van der Waals surface area contributed by atoms with Crippen LogP contribution >= 0.6 is 0 Å². The molecule has 0 saturated heterocycles. The first-order valence-corrected chi connectivity index (χ1v) is 5.81. The molecule has 0 aromatic heterocycles. The Morgan fingerprint density at radius 1 is 1.12 bits per heavy atom. The van der Waals surface area contributed by atoms with Crippen LogP contribution in [-0.4, -0.2) is 30.7 Å². The van der Waals surface area contributed by atoms with Gasteiger partial charge in [-0.05, 0) is 30.9 Å².